The average Bonchev–Trinajstić information content (AvgIpc) is 2.90. The zero-order valence-electron chi connectivity index (χ0n) is 16.4. The van der Waals surface area contributed by atoms with Crippen LogP contribution in [-0.4, -0.2) is 32.8 Å². The van der Waals surface area contributed by atoms with Crippen molar-refractivity contribution in [2.24, 2.45) is 28.6 Å². The van der Waals surface area contributed by atoms with Crippen LogP contribution in [0.15, 0.2) is 11.6 Å². The Balaban J connectivity index is 1.73. The molecule has 0 spiro atoms. The first-order chi connectivity index (χ1) is 12.6. The predicted octanol–water partition coefficient (Wildman–Crippen LogP) is 4.02. The Labute approximate surface area is 167 Å². The summed E-state index contributed by atoms with van der Waals surface area (Å²) in [7, 11) is 0. The number of ketones is 1. The minimum absolute atomic E-state index is 0.0174. The summed E-state index contributed by atoms with van der Waals surface area (Å²) < 4.78 is -0.596. The number of hydrogen-bond donors (Lipinski definition) is 3. The number of carboxylic acids is 1. The summed E-state index contributed by atoms with van der Waals surface area (Å²) in [6.45, 7) is 4.52. The zero-order valence-corrected chi connectivity index (χ0v) is 17.3. The van der Waals surface area contributed by atoms with Crippen LogP contribution in [0.5, 0.6) is 0 Å². The van der Waals surface area contributed by atoms with Crippen LogP contribution in [0.3, 0.4) is 0 Å². The number of hydrogen-bond acceptors (Lipinski definition) is 4. The summed E-state index contributed by atoms with van der Waals surface area (Å²) in [6.07, 6.45) is 8.47. The lowest BCUT2D eigenvalue weighted by atomic mass is 9.44. The molecule has 2 N–H and O–H groups in total. The van der Waals surface area contributed by atoms with Gasteiger partial charge >= 0.3 is 5.97 Å². The molecule has 0 amide bonds. The molecule has 0 radical (unpaired) electrons. The third kappa shape index (κ3) is 2.67. The Hall–Kier alpha value is -0.810. The van der Waals surface area contributed by atoms with Crippen LogP contribution in [0.4, 0.5) is 0 Å². The van der Waals surface area contributed by atoms with Crippen LogP contribution >= 0.6 is 12.6 Å². The Kier molecular flexibility index (Phi) is 4.59. The third-order valence-electron chi connectivity index (χ3n) is 9.06. The predicted molar refractivity (Wildman–Crippen MR) is 107 cm³/mol. The van der Waals surface area contributed by atoms with Crippen LogP contribution < -0.4 is 0 Å². The van der Waals surface area contributed by atoms with Gasteiger partial charge in [0.25, 0.3) is 0 Å². The molecule has 5 heteroatoms. The number of carboxylic acid groups (broad SMARTS) is 1. The molecule has 4 aliphatic carbocycles. The van der Waals surface area contributed by atoms with Crippen molar-refractivity contribution >= 4 is 24.4 Å². The minimum atomic E-state index is -0.821. The molecule has 4 rings (SSSR count). The molecule has 7 atom stereocenters. The molecule has 27 heavy (non-hydrogen) atoms. The van der Waals surface area contributed by atoms with Gasteiger partial charge in [0.15, 0.2) is 5.78 Å². The molecule has 0 aromatic heterocycles. The van der Waals surface area contributed by atoms with Crippen LogP contribution in [0.2, 0.25) is 0 Å². The highest BCUT2D eigenvalue weighted by Gasteiger charge is 2.63. The van der Waals surface area contributed by atoms with E-state index in [1.165, 1.54) is 5.57 Å². The molecule has 1 unspecified atom stereocenters. The quantitative estimate of drug-likeness (QED) is 0.634. The van der Waals surface area contributed by atoms with E-state index in [1.807, 2.05) is 6.08 Å². The van der Waals surface area contributed by atoms with Crippen molar-refractivity contribution < 1.29 is 19.8 Å². The lowest BCUT2D eigenvalue weighted by Gasteiger charge is -2.62. The molecule has 0 heterocycles. The number of rotatable bonds is 3. The summed E-state index contributed by atoms with van der Waals surface area (Å²) in [5.41, 5.74) is 0.975. The van der Waals surface area contributed by atoms with Crippen molar-refractivity contribution in [3.63, 3.8) is 0 Å². The van der Waals surface area contributed by atoms with E-state index in [0.717, 1.165) is 38.5 Å². The van der Waals surface area contributed by atoms with E-state index in [-0.39, 0.29) is 29.1 Å². The Bertz CT molecular complexity index is 702. The molecule has 0 aliphatic heterocycles. The first-order valence-electron chi connectivity index (χ1n) is 10.5. The van der Waals surface area contributed by atoms with Gasteiger partial charge in [0.2, 0.25) is 0 Å². The third-order valence-corrected chi connectivity index (χ3v) is 9.91. The number of aliphatic carboxylic acids is 1. The van der Waals surface area contributed by atoms with Crippen molar-refractivity contribution in [3.8, 4) is 0 Å². The highest BCUT2D eigenvalue weighted by atomic mass is 32.1. The number of allylic oxidation sites excluding steroid dienone is 1. The van der Waals surface area contributed by atoms with Crippen molar-refractivity contribution in [1.29, 1.82) is 0 Å². The second-order valence-corrected chi connectivity index (χ2v) is 10.8. The molecule has 4 aliphatic rings. The molecule has 3 saturated carbocycles. The fraction of sp³-hybridized carbons (Fsp3) is 0.818. The molecular weight excluding hydrogens is 360 g/mol. The zero-order chi connectivity index (χ0) is 19.6. The van der Waals surface area contributed by atoms with Crippen molar-refractivity contribution in [2.45, 2.75) is 82.5 Å². The number of carbonyl (C=O) groups is 2. The average molecular weight is 393 g/mol. The van der Waals surface area contributed by atoms with Crippen molar-refractivity contribution in [1.82, 2.24) is 0 Å². The van der Waals surface area contributed by atoms with Gasteiger partial charge in [-0.1, -0.05) is 19.4 Å². The Morgan fingerprint density at radius 1 is 1.22 bits per heavy atom. The number of fused-ring (bicyclic) bond motifs is 5. The molecule has 4 nitrogen and oxygen atoms in total. The monoisotopic (exact) mass is 392 g/mol. The number of thiol groups is 1. The lowest BCUT2D eigenvalue weighted by Crippen LogP contribution is -2.59. The van der Waals surface area contributed by atoms with Gasteiger partial charge in [0.05, 0.1) is 6.10 Å². The molecule has 0 aromatic rings. The number of carbonyl (C=O) groups excluding carboxylic acids is 1. The van der Waals surface area contributed by atoms with E-state index in [4.69, 9.17) is 12.6 Å². The molecule has 0 aromatic carbocycles. The van der Waals surface area contributed by atoms with Gasteiger partial charge in [0, 0.05) is 23.0 Å². The molecule has 3 fully saturated rings. The fourth-order valence-corrected chi connectivity index (χ4v) is 8.02. The SMILES string of the molecule is C[C@]12CC[C@H]3[C@@H](CCC4=CC(=O)CC(S)(CCC(=O)O)[C@@]43C)[C@@H]1CC[C@@H]2O. The summed E-state index contributed by atoms with van der Waals surface area (Å²) in [4.78, 5) is 23.7. The highest BCUT2D eigenvalue weighted by Crippen LogP contribution is 2.68. The van der Waals surface area contributed by atoms with Crippen LogP contribution in [0, 0.1) is 28.6 Å². The minimum Gasteiger partial charge on any atom is -0.481 e. The van der Waals surface area contributed by atoms with Gasteiger partial charge in [-0.2, -0.15) is 12.6 Å². The highest BCUT2D eigenvalue weighted by molar-refractivity contribution is 7.82. The van der Waals surface area contributed by atoms with Crippen molar-refractivity contribution in [2.75, 3.05) is 0 Å². The maximum absolute atomic E-state index is 12.5. The van der Waals surface area contributed by atoms with Crippen molar-refractivity contribution in [3.05, 3.63) is 11.6 Å². The summed E-state index contributed by atoms with van der Waals surface area (Å²) in [5, 5.41) is 19.9. The van der Waals surface area contributed by atoms with Gasteiger partial charge < -0.3 is 10.2 Å². The van der Waals surface area contributed by atoms with Gasteiger partial charge in [0.1, 0.15) is 0 Å². The Morgan fingerprint density at radius 3 is 2.67 bits per heavy atom. The summed E-state index contributed by atoms with van der Waals surface area (Å²) in [5.74, 6) is 0.753. The maximum Gasteiger partial charge on any atom is 0.303 e. The second-order valence-electron chi connectivity index (χ2n) is 9.99. The standard InChI is InChI=1S/C22H32O4S/c1-20-9-7-17-15(16(20)5-6-18(20)24)4-3-13-11-14(23)12-22(27,21(13,17)2)10-8-19(25)26/h11,15-18,24,27H,3-10,12H2,1-2H3,(H,25,26)/t15-,16-,17-,18-,20-,21-,22?/m0/s1. The molecular formula is C22H32O4S. The van der Waals surface area contributed by atoms with E-state index < -0.39 is 10.7 Å². The topological polar surface area (TPSA) is 74.6 Å². The fourth-order valence-electron chi connectivity index (χ4n) is 7.44. The largest absolute Gasteiger partial charge is 0.481 e. The smallest absolute Gasteiger partial charge is 0.303 e. The number of aliphatic hydroxyl groups is 1. The van der Waals surface area contributed by atoms with Crippen LogP contribution in [0.25, 0.3) is 0 Å². The van der Waals surface area contributed by atoms with Crippen LogP contribution in [-0.2, 0) is 9.59 Å². The molecule has 150 valence electrons. The maximum atomic E-state index is 12.5. The van der Waals surface area contributed by atoms with Gasteiger partial charge in [-0.05, 0) is 74.2 Å². The second kappa shape index (κ2) is 6.35. The van der Waals surface area contributed by atoms with E-state index in [2.05, 4.69) is 13.8 Å². The van der Waals surface area contributed by atoms with E-state index in [1.54, 1.807) is 0 Å². The summed E-state index contributed by atoms with van der Waals surface area (Å²) in [6, 6.07) is 0. The molecule has 0 saturated heterocycles. The van der Waals surface area contributed by atoms with Gasteiger partial charge in [-0.25, -0.2) is 0 Å². The lowest BCUT2D eigenvalue weighted by molar-refractivity contribution is -0.138. The van der Waals surface area contributed by atoms with Crippen LogP contribution in [0.1, 0.15) is 71.6 Å². The normalized spacial score (nSPS) is 49.0. The number of aliphatic hydroxyl groups excluding tert-OH is 1. The van der Waals surface area contributed by atoms with Gasteiger partial charge in [-0.15, -0.1) is 0 Å². The van der Waals surface area contributed by atoms with Gasteiger partial charge in [-0.3, -0.25) is 9.59 Å². The first-order valence-corrected chi connectivity index (χ1v) is 10.9. The molecule has 0 bridgehead atoms. The van der Waals surface area contributed by atoms with E-state index >= 15 is 0 Å². The Morgan fingerprint density at radius 2 is 1.96 bits per heavy atom. The van der Waals surface area contributed by atoms with E-state index in [9.17, 15) is 19.8 Å². The summed E-state index contributed by atoms with van der Waals surface area (Å²) >= 11 is 5.07. The van der Waals surface area contributed by atoms with E-state index in [0.29, 0.717) is 30.6 Å². The first kappa shape index (κ1) is 19.5.